The second-order valence-electron chi connectivity index (χ2n) is 3.27. The number of carbonyl (C=O) groups excluding carboxylic acids is 2. The first-order valence-corrected chi connectivity index (χ1v) is 4.67. The third-order valence-corrected chi connectivity index (χ3v) is 2.09. The van der Waals surface area contributed by atoms with E-state index in [2.05, 4.69) is 5.18 Å². The van der Waals surface area contributed by atoms with Gasteiger partial charge in [-0.3, -0.25) is 14.8 Å². The first-order chi connectivity index (χ1) is 8.08. The van der Waals surface area contributed by atoms with Gasteiger partial charge in [0, 0.05) is 12.0 Å². The Morgan fingerprint density at radius 3 is 2.65 bits per heavy atom. The number of hydrogen-bond donors (Lipinski definition) is 3. The quantitative estimate of drug-likeness (QED) is 0.300. The minimum absolute atomic E-state index is 0.0990. The van der Waals surface area contributed by atoms with Crippen molar-refractivity contribution in [1.29, 1.82) is 0 Å². The molecule has 1 atom stereocenters. The lowest BCUT2D eigenvalue weighted by atomic mass is 10.0. The van der Waals surface area contributed by atoms with E-state index < -0.39 is 24.2 Å². The van der Waals surface area contributed by atoms with Crippen LogP contribution >= 0.6 is 0 Å². The number of hydrogen-bond acceptors (Lipinski definition) is 6. The molecule has 7 heteroatoms. The molecular weight excluding hydrogens is 228 g/mol. The van der Waals surface area contributed by atoms with Gasteiger partial charge in [-0.2, -0.15) is 0 Å². The van der Waals surface area contributed by atoms with E-state index in [1.165, 1.54) is 29.7 Å². The number of benzene rings is 1. The van der Waals surface area contributed by atoms with Crippen LogP contribution in [-0.4, -0.2) is 28.0 Å². The van der Waals surface area contributed by atoms with E-state index in [9.17, 15) is 14.5 Å². The van der Waals surface area contributed by atoms with Crippen LogP contribution in [0.4, 0.5) is 0 Å². The lowest BCUT2D eigenvalue weighted by Gasteiger charge is -2.06. The number of nitroso groups, excluding NO2 is 1. The molecule has 1 rings (SSSR count). The number of aromatic hydroxyl groups is 1. The molecule has 0 bridgehead atoms. The number of nitrogens with one attached hydrogen (secondary N) is 1. The maximum Gasteiger partial charge on any atom is 0.272 e. The molecule has 1 aromatic rings. The number of amides is 1. The Balaban J connectivity index is 2.78. The Kier molecular flexibility index (Phi) is 4.29. The van der Waals surface area contributed by atoms with Crippen LogP contribution in [0, 0.1) is 4.91 Å². The minimum atomic E-state index is -1.49. The Morgan fingerprint density at radius 2 is 2.12 bits per heavy atom. The molecule has 90 valence electrons. The molecule has 0 aliphatic carbocycles. The minimum Gasteiger partial charge on any atom is -0.508 e. The number of ketones is 1. The summed E-state index contributed by atoms with van der Waals surface area (Å²) in [6, 6.07) is 3.99. The van der Waals surface area contributed by atoms with Gasteiger partial charge in [0.15, 0.2) is 11.8 Å². The summed E-state index contributed by atoms with van der Waals surface area (Å²) in [6.07, 6.45) is -0.473. The summed E-state index contributed by atoms with van der Waals surface area (Å²) >= 11 is 0. The van der Waals surface area contributed by atoms with Crippen molar-refractivity contribution in [3.05, 3.63) is 34.7 Å². The van der Waals surface area contributed by atoms with Gasteiger partial charge in [-0.05, 0) is 12.1 Å². The predicted molar refractivity (Wildman–Crippen MR) is 56.6 cm³/mol. The van der Waals surface area contributed by atoms with Gasteiger partial charge in [-0.1, -0.05) is 17.3 Å². The zero-order valence-electron chi connectivity index (χ0n) is 8.66. The van der Waals surface area contributed by atoms with Crippen LogP contribution in [0.3, 0.4) is 0 Å². The highest BCUT2D eigenvalue weighted by Crippen LogP contribution is 2.14. The van der Waals surface area contributed by atoms with Crippen LogP contribution in [0.25, 0.3) is 0 Å². The van der Waals surface area contributed by atoms with Gasteiger partial charge in [0.05, 0.1) is 0 Å². The van der Waals surface area contributed by atoms with Gasteiger partial charge in [0.1, 0.15) is 5.75 Å². The highest BCUT2D eigenvalue weighted by molar-refractivity contribution is 5.99. The van der Waals surface area contributed by atoms with Crippen LogP contribution in [0.2, 0.25) is 0 Å². The number of rotatable bonds is 5. The van der Waals surface area contributed by atoms with Crippen LogP contribution < -0.4 is 5.48 Å². The fourth-order valence-electron chi connectivity index (χ4n) is 1.23. The van der Waals surface area contributed by atoms with E-state index in [0.717, 1.165) is 0 Å². The molecule has 1 unspecified atom stereocenters. The molecule has 0 saturated heterocycles. The Hall–Kier alpha value is -2.28. The molecule has 1 amide bonds. The molecule has 0 heterocycles. The number of carbonyl (C=O) groups is 2. The summed E-state index contributed by atoms with van der Waals surface area (Å²) in [5.41, 5.74) is 1.41. The van der Waals surface area contributed by atoms with Crippen molar-refractivity contribution in [2.45, 2.75) is 12.5 Å². The molecule has 0 aliphatic rings. The molecule has 0 spiro atoms. The molecule has 3 N–H and O–H groups in total. The molecule has 0 aliphatic heterocycles. The molecule has 0 radical (unpaired) electrons. The van der Waals surface area contributed by atoms with Crippen molar-refractivity contribution in [2.75, 3.05) is 0 Å². The fourth-order valence-corrected chi connectivity index (χ4v) is 1.23. The highest BCUT2D eigenvalue weighted by Gasteiger charge is 2.23. The lowest BCUT2D eigenvalue weighted by Crippen LogP contribution is -2.32. The normalized spacial score (nSPS) is 11.6. The summed E-state index contributed by atoms with van der Waals surface area (Å²) in [5.74, 6) is -1.68. The van der Waals surface area contributed by atoms with Gasteiger partial charge < -0.3 is 5.11 Å². The van der Waals surface area contributed by atoms with E-state index in [1.807, 2.05) is 0 Å². The second kappa shape index (κ2) is 5.71. The molecule has 0 aromatic heterocycles. The zero-order valence-corrected chi connectivity index (χ0v) is 8.66. The summed E-state index contributed by atoms with van der Waals surface area (Å²) in [7, 11) is 0. The van der Waals surface area contributed by atoms with Crippen LogP contribution in [0.15, 0.2) is 29.4 Å². The van der Waals surface area contributed by atoms with E-state index in [0.29, 0.717) is 0 Å². The van der Waals surface area contributed by atoms with Crippen molar-refractivity contribution >= 4 is 11.7 Å². The van der Waals surface area contributed by atoms with Crippen LogP contribution in [0.1, 0.15) is 16.8 Å². The summed E-state index contributed by atoms with van der Waals surface area (Å²) < 4.78 is 0. The third-order valence-electron chi connectivity index (χ3n) is 2.09. The number of hydroxylamine groups is 1. The van der Waals surface area contributed by atoms with E-state index in [1.54, 1.807) is 0 Å². The summed E-state index contributed by atoms with van der Waals surface area (Å²) in [4.78, 5) is 32.9. The zero-order chi connectivity index (χ0) is 12.8. The van der Waals surface area contributed by atoms with Crippen LogP contribution in [0.5, 0.6) is 5.75 Å². The Labute approximate surface area is 96.0 Å². The van der Waals surface area contributed by atoms with Crippen molar-refractivity contribution in [2.24, 2.45) is 5.18 Å². The van der Waals surface area contributed by atoms with E-state index in [4.69, 9.17) is 10.3 Å². The topological polar surface area (TPSA) is 116 Å². The fraction of sp³-hybridized carbons (Fsp3) is 0.200. The number of phenolic OH excluding ortho intramolecular Hbond substituents is 1. The van der Waals surface area contributed by atoms with Crippen LogP contribution in [-0.2, 0) is 4.79 Å². The molecule has 0 fully saturated rings. The van der Waals surface area contributed by atoms with Crippen molar-refractivity contribution < 1.29 is 19.9 Å². The highest BCUT2D eigenvalue weighted by atomic mass is 16.5. The SMILES string of the molecule is O=NC(CC(=O)c1cccc(O)c1)C(=O)NO. The number of Topliss-reactive ketones (excluding diaryl/α,β-unsaturated/α-hetero) is 1. The van der Waals surface area contributed by atoms with Gasteiger partial charge in [0.25, 0.3) is 5.91 Å². The van der Waals surface area contributed by atoms with Gasteiger partial charge in [0.2, 0.25) is 0 Å². The van der Waals surface area contributed by atoms with Crippen molar-refractivity contribution in [3.8, 4) is 5.75 Å². The average molecular weight is 238 g/mol. The van der Waals surface area contributed by atoms with Crippen molar-refractivity contribution in [3.63, 3.8) is 0 Å². The first-order valence-electron chi connectivity index (χ1n) is 4.67. The molecule has 1 aromatic carbocycles. The van der Waals surface area contributed by atoms with E-state index in [-0.39, 0.29) is 11.3 Å². The Bertz CT molecular complexity index is 446. The summed E-state index contributed by atoms with van der Waals surface area (Å²) in [6.45, 7) is 0. The number of phenols is 1. The molecular formula is C10H10N2O5. The predicted octanol–water partition coefficient (Wildman–Crippen LogP) is 0.605. The standard InChI is InChI=1S/C10H10N2O5/c13-7-3-1-2-6(4-7)9(14)5-8(11-16)10(15)12-17/h1-4,8,13,17H,5H2,(H,12,15). The lowest BCUT2D eigenvalue weighted by molar-refractivity contribution is -0.130. The first kappa shape index (κ1) is 12.8. The molecule has 17 heavy (non-hydrogen) atoms. The maximum atomic E-state index is 11.6. The van der Waals surface area contributed by atoms with Gasteiger partial charge in [-0.25, -0.2) is 5.48 Å². The van der Waals surface area contributed by atoms with Crippen molar-refractivity contribution in [1.82, 2.24) is 5.48 Å². The maximum absolute atomic E-state index is 11.6. The third kappa shape index (κ3) is 3.35. The molecule has 0 saturated carbocycles. The summed E-state index contributed by atoms with van der Waals surface area (Å²) in [5, 5.41) is 19.9. The number of nitrogens with zero attached hydrogens (tertiary/aromatic N) is 1. The van der Waals surface area contributed by atoms with E-state index >= 15 is 0 Å². The Morgan fingerprint density at radius 1 is 1.41 bits per heavy atom. The largest absolute Gasteiger partial charge is 0.508 e. The smallest absolute Gasteiger partial charge is 0.272 e. The van der Waals surface area contributed by atoms with Gasteiger partial charge in [-0.15, -0.1) is 4.91 Å². The monoisotopic (exact) mass is 238 g/mol. The van der Waals surface area contributed by atoms with Gasteiger partial charge >= 0.3 is 0 Å². The second-order valence-corrected chi connectivity index (χ2v) is 3.27. The average Bonchev–Trinajstić information content (AvgIpc) is 2.34. The molecule has 7 nitrogen and oxygen atoms in total.